The van der Waals surface area contributed by atoms with Crippen molar-refractivity contribution in [2.75, 3.05) is 0 Å². The predicted molar refractivity (Wildman–Crippen MR) is 72.7 cm³/mol. The largest absolute Gasteiger partial charge is 0.294 e. The number of carbonyl (C=O) groups excluding carboxylic acids is 1. The third-order valence-electron chi connectivity index (χ3n) is 3.30. The molecule has 0 atom stereocenters. The zero-order valence-electron chi connectivity index (χ0n) is 11.3. The number of hydrogen-bond acceptors (Lipinski definition) is 2. The molecule has 2 rings (SSSR count). The van der Waals surface area contributed by atoms with Crippen LogP contribution in [0.15, 0.2) is 24.3 Å². The first-order valence-corrected chi connectivity index (χ1v) is 6.18. The number of carbonyl (C=O) groups is 1. The van der Waals surface area contributed by atoms with E-state index in [0.717, 1.165) is 28.1 Å². The van der Waals surface area contributed by atoms with Crippen LogP contribution in [0.5, 0.6) is 0 Å². The molecule has 1 aromatic carbocycles. The summed E-state index contributed by atoms with van der Waals surface area (Å²) in [5.41, 5.74) is 5.09. The molecule has 1 aromatic heterocycles. The smallest absolute Gasteiger partial charge is 0.162 e. The van der Waals surface area contributed by atoms with E-state index in [1.54, 1.807) is 0 Å². The van der Waals surface area contributed by atoms with Crippen LogP contribution in [0.1, 0.15) is 35.1 Å². The van der Waals surface area contributed by atoms with Gasteiger partial charge >= 0.3 is 0 Å². The number of Topliss-reactive ketones (excluding diaryl/α,β-unsaturated/α-hetero) is 1. The predicted octanol–water partition coefficient (Wildman–Crippen LogP) is 3.30. The van der Waals surface area contributed by atoms with E-state index >= 15 is 0 Å². The number of benzene rings is 1. The number of nitrogens with zero attached hydrogens (tertiary/aromatic N) is 2. The van der Waals surface area contributed by atoms with Crippen LogP contribution in [0.3, 0.4) is 0 Å². The molecule has 0 radical (unpaired) electrons. The minimum absolute atomic E-state index is 0.177. The number of aromatic nitrogens is 2. The lowest BCUT2D eigenvalue weighted by atomic mass is 9.99. The van der Waals surface area contributed by atoms with E-state index in [1.165, 1.54) is 0 Å². The molecule has 1 heterocycles. The average Bonchev–Trinajstić information content (AvgIpc) is 2.62. The Kier molecular flexibility index (Phi) is 3.32. The normalized spacial score (nSPS) is 10.7. The summed E-state index contributed by atoms with van der Waals surface area (Å²) in [6.45, 7) is 5.93. The Morgan fingerprint density at radius 3 is 2.61 bits per heavy atom. The van der Waals surface area contributed by atoms with Gasteiger partial charge in [0.15, 0.2) is 5.78 Å². The van der Waals surface area contributed by atoms with Crippen molar-refractivity contribution in [1.82, 2.24) is 9.78 Å². The second-order valence-corrected chi connectivity index (χ2v) is 4.53. The van der Waals surface area contributed by atoms with Crippen LogP contribution < -0.4 is 0 Å². The van der Waals surface area contributed by atoms with Crippen molar-refractivity contribution in [3.05, 3.63) is 41.2 Å². The molecule has 94 valence electrons. The van der Waals surface area contributed by atoms with Crippen molar-refractivity contribution in [2.45, 2.75) is 27.2 Å². The molecule has 0 N–H and O–H groups in total. The third kappa shape index (κ3) is 2.08. The highest BCUT2D eigenvalue weighted by atomic mass is 16.1. The SMILES string of the molecule is CCC(=O)c1cccc(-c2c(C)nn(C)c2C)c1. The van der Waals surface area contributed by atoms with Crippen LogP contribution >= 0.6 is 0 Å². The topological polar surface area (TPSA) is 34.9 Å². The number of aryl methyl sites for hydroxylation is 2. The first-order chi connectivity index (χ1) is 8.54. The van der Waals surface area contributed by atoms with Crippen LogP contribution in [0.4, 0.5) is 0 Å². The summed E-state index contributed by atoms with van der Waals surface area (Å²) in [6.07, 6.45) is 0.536. The Balaban J connectivity index is 2.54. The van der Waals surface area contributed by atoms with Gasteiger partial charge in [-0.15, -0.1) is 0 Å². The van der Waals surface area contributed by atoms with Gasteiger partial charge in [-0.3, -0.25) is 9.48 Å². The van der Waals surface area contributed by atoms with Gasteiger partial charge in [-0.25, -0.2) is 0 Å². The maximum absolute atomic E-state index is 11.8. The molecule has 0 spiro atoms. The fraction of sp³-hybridized carbons (Fsp3) is 0.333. The molecule has 0 amide bonds. The van der Waals surface area contributed by atoms with E-state index in [0.29, 0.717) is 6.42 Å². The molecule has 0 fully saturated rings. The fourth-order valence-corrected chi connectivity index (χ4v) is 2.24. The van der Waals surface area contributed by atoms with Crippen LogP contribution in [-0.4, -0.2) is 15.6 Å². The highest BCUT2D eigenvalue weighted by Crippen LogP contribution is 2.27. The summed E-state index contributed by atoms with van der Waals surface area (Å²) in [5, 5.41) is 4.41. The molecule has 0 saturated heterocycles. The molecular weight excluding hydrogens is 224 g/mol. The summed E-state index contributed by atoms with van der Waals surface area (Å²) in [5.74, 6) is 0.177. The number of hydrogen-bond donors (Lipinski definition) is 0. The second kappa shape index (κ2) is 4.77. The van der Waals surface area contributed by atoms with Crippen molar-refractivity contribution in [3.63, 3.8) is 0 Å². The number of ketones is 1. The molecule has 0 bridgehead atoms. The van der Waals surface area contributed by atoms with Gasteiger partial charge in [0.05, 0.1) is 5.69 Å². The summed E-state index contributed by atoms with van der Waals surface area (Å²) in [4.78, 5) is 11.8. The minimum Gasteiger partial charge on any atom is -0.294 e. The highest BCUT2D eigenvalue weighted by Gasteiger charge is 2.12. The molecule has 3 nitrogen and oxygen atoms in total. The van der Waals surface area contributed by atoms with Gasteiger partial charge in [0.1, 0.15) is 0 Å². The van der Waals surface area contributed by atoms with Gasteiger partial charge in [-0.1, -0.05) is 25.1 Å². The zero-order valence-corrected chi connectivity index (χ0v) is 11.3. The van der Waals surface area contributed by atoms with E-state index in [2.05, 4.69) is 5.10 Å². The second-order valence-electron chi connectivity index (χ2n) is 4.53. The quantitative estimate of drug-likeness (QED) is 0.774. The lowest BCUT2D eigenvalue weighted by Crippen LogP contribution is -1.97. The molecule has 0 unspecified atom stereocenters. The summed E-state index contributed by atoms with van der Waals surface area (Å²) in [6, 6.07) is 7.80. The lowest BCUT2D eigenvalue weighted by molar-refractivity contribution is 0.0988. The van der Waals surface area contributed by atoms with Gasteiger partial charge in [0.2, 0.25) is 0 Å². The summed E-state index contributed by atoms with van der Waals surface area (Å²) < 4.78 is 1.87. The molecule has 0 aliphatic rings. The van der Waals surface area contributed by atoms with E-state index in [9.17, 15) is 4.79 Å². The summed E-state index contributed by atoms with van der Waals surface area (Å²) in [7, 11) is 1.94. The number of rotatable bonds is 3. The van der Waals surface area contributed by atoms with Crippen molar-refractivity contribution < 1.29 is 4.79 Å². The first kappa shape index (κ1) is 12.6. The van der Waals surface area contributed by atoms with E-state index in [4.69, 9.17) is 0 Å². The Bertz CT molecular complexity index is 597. The Hall–Kier alpha value is -1.90. The summed E-state index contributed by atoms with van der Waals surface area (Å²) >= 11 is 0. The highest BCUT2D eigenvalue weighted by molar-refractivity contribution is 5.97. The van der Waals surface area contributed by atoms with Crippen molar-refractivity contribution in [1.29, 1.82) is 0 Å². The van der Waals surface area contributed by atoms with Gasteiger partial charge in [-0.2, -0.15) is 5.10 Å². The maximum atomic E-state index is 11.8. The first-order valence-electron chi connectivity index (χ1n) is 6.18. The molecule has 2 aromatic rings. The van der Waals surface area contributed by atoms with Crippen molar-refractivity contribution >= 4 is 5.78 Å². The zero-order chi connectivity index (χ0) is 13.3. The fourth-order valence-electron chi connectivity index (χ4n) is 2.24. The van der Waals surface area contributed by atoms with Crippen molar-refractivity contribution in [3.8, 4) is 11.1 Å². The third-order valence-corrected chi connectivity index (χ3v) is 3.30. The van der Waals surface area contributed by atoms with Crippen molar-refractivity contribution in [2.24, 2.45) is 7.05 Å². The lowest BCUT2D eigenvalue weighted by Gasteiger charge is -2.05. The van der Waals surface area contributed by atoms with Gasteiger partial charge in [0.25, 0.3) is 0 Å². The monoisotopic (exact) mass is 242 g/mol. The molecule has 0 aliphatic heterocycles. The van der Waals surface area contributed by atoms with Gasteiger partial charge in [-0.05, 0) is 25.5 Å². The van der Waals surface area contributed by atoms with E-state index < -0.39 is 0 Å². The minimum atomic E-state index is 0.177. The standard InChI is InChI=1S/C15H18N2O/c1-5-14(18)12-7-6-8-13(9-12)15-10(2)16-17(4)11(15)3/h6-9H,5H2,1-4H3. The average molecular weight is 242 g/mol. The van der Waals surface area contributed by atoms with E-state index in [-0.39, 0.29) is 5.78 Å². The Morgan fingerprint density at radius 1 is 1.33 bits per heavy atom. The van der Waals surface area contributed by atoms with Crippen LogP contribution in [0, 0.1) is 13.8 Å². The molecule has 18 heavy (non-hydrogen) atoms. The molecular formula is C15H18N2O. The molecule has 3 heteroatoms. The van der Waals surface area contributed by atoms with Crippen LogP contribution in [-0.2, 0) is 7.05 Å². The van der Waals surface area contributed by atoms with Gasteiger partial charge < -0.3 is 0 Å². The Morgan fingerprint density at radius 2 is 2.06 bits per heavy atom. The van der Waals surface area contributed by atoms with Crippen LogP contribution in [0.2, 0.25) is 0 Å². The van der Waals surface area contributed by atoms with E-state index in [1.807, 2.05) is 56.8 Å². The maximum Gasteiger partial charge on any atom is 0.162 e. The molecule has 0 aliphatic carbocycles. The Labute approximate surface area is 107 Å². The molecule has 0 saturated carbocycles. The van der Waals surface area contributed by atoms with Gasteiger partial charge in [0, 0.05) is 30.3 Å². The van der Waals surface area contributed by atoms with Crippen LogP contribution in [0.25, 0.3) is 11.1 Å².